The lowest BCUT2D eigenvalue weighted by Gasteiger charge is -2.15. The highest BCUT2D eigenvalue weighted by Crippen LogP contribution is 2.20. The molecule has 0 saturated heterocycles. The summed E-state index contributed by atoms with van der Waals surface area (Å²) >= 11 is 0. The van der Waals surface area contributed by atoms with Crippen LogP contribution in [0.2, 0.25) is 0 Å². The molecule has 0 aromatic carbocycles. The predicted octanol–water partition coefficient (Wildman–Crippen LogP) is 2.91. The Morgan fingerprint density at radius 2 is 1.96 bits per heavy atom. The zero-order chi connectivity index (χ0) is 16.9. The molecule has 1 N–H and O–H groups in total. The van der Waals surface area contributed by atoms with Gasteiger partial charge in [0.25, 0.3) is 5.91 Å². The maximum Gasteiger partial charge on any atom is 0.422 e. The van der Waals surface area contributed by atoms with Gasteiger partial charge >= 0.3 is 6.18 Å². The fourth-order valence-corrected chi connectivity index (χ4v) is 1.80. The van der Waals surface area contributed by atoms with Crippen molar-refractivity contribution in [2.45, 2.75) is 19.1 Å². The molecule has 1 unspecified atom stereocenters. The first-order chi connectivity index (χ1) is 10.8. The number of ether oxygens (including phenoxy) is 1. The number of rotatable bonds is 5. The zero-order valence-electron chi connectivity index (χ0n) is 12.2. The first kappa shape index (κ1) is 16.7. The van der Waals surface area contributed by atoms with Crippen molar-refractivity contribution in [1.29, 1.82) is 0 Å². The van der Waals surface area contributed by atoms with Crippen molar-refractivity contribution < 1.29 is 22.7 Å². The first-order valence-electron chi connectivity index (χ1n) is 6.71. The number of alkyl halides is 3. The maximum atomic E-state index is 12.1. The van der Waals surface area contributed by atoms with E-state index in [0.29, 0.717) is 11.1 Å². The van der Waals surface area contributed by atoms with E-state index < -0.39 is 18.8 Å². The van der Waals surface area contributed by atoms with Crippen LogP contribution in [-0.4, -0.2) is 28.7 Å². The molecule has 2 rings (SSSR count). The lowest BCUT2D eigenvalue weighted by Crippen LogP contribution is -2.26. The summed E-state index contributed by atoms with van der Waals surface area (Å²) in [4.78, 5) is 19.6. The van der Waals surface area contributed by atoms with E-state index in [0.717, 1.165) is 0 Å². The highest BCUT2D eigenvalue weighted by molar-refractivity contribution is 5.94. The number of nitrogens with zero attached hydrogens (tertiary/aromatic N) is 2. The summed E-state index contributed by atoms with van der Waals surface area (Å²) in [6.45, 7) is 0.295. The van der Waals surface area contributed by atoms with Gasteiger partial charge in [0.05, 0.1) is 6.04 Å². The van der Waals surface area contributed by atoms with Crippen molar-refractivity contribution in [2.75, 3.05) is 6.61 Å². The minimum Gasteiger partial charge on any atom is -0.468 e. The molecule has 0 aliphatic rings. The van der Waals surface area contributed by atoms with Crippen LogP contribution in [-0.2, 0) is 0 Å². The second-order valence-electron chi connectivity index (χ2n) is 4.76. The molecule has 0 saturated carbocycles. The van der Waals surface area contributed by atoms with E-state index in [-0.39, 0.29) is 11.8 Å². The normalized spacial score (nSPS) is 12.5. The minimum atomic E-state index is -4.43. The van der Waals surface area contributed by atoms with E-state index >= 15 is 0 Å². The van der Waals surface area contributed by atoms with Crippen LogP contribution in [0.4, 0.5) is 13.2 Å². The Kier molecular flexibility index (Phi) is 5.15. The number of pyridine rings is 2. The smallest absolute Gasteiger partial charge is 0.422 e. The second-order valence-corrected chi connectivity index (χ2v) is 4.76. The van der Waals surface area contributed by atoms with Crippen molar-refractivity contribution in [3.63, 3.8) is 0 Å². The third-order valence-corrected chi connectivity index (χ3v) is 2.93. The Balaban J connectivity index is 2.02. The third-order valence-electron chi connectivity index (χ3n) is 2.93. The summed E-state index contributed by atoms with van der Waals surface area (Å²) in [5.41, 5.74) is 1.02. The molecule has 23 heavy (non-hydrogen) atoms. The molecule has 0 radical (unpaired) electrons. The second kappa shape index (κ2) is 7.08. The van der Waals surface area contributed by atoms with Gasteiger partial charge in [0.15, 0.2) is 6.61 Å². The SMILES string of the molecule is CC(NC(=O)c1ccncc1)c1ccnc(OCC(F)(F)F)c1. The summed E-state index contributed by atoms with van der Waals surface area (Å²) in [5.74, 6) is -0.459. The number of hydrogen-bond acceptors (Lipinski definition) is 4. The summed E-state index contributed by atoms with van der Waals surface area (Å²) < 4.78 is 41.0. The van der Waals surface area contributed by atoms with Crippen molar-refractivity contribution in [1.82, 2.24) is 15.3 Å². The van der Waals surface area contributed by atoms with Gasteiger partial charge in [-0.1, -0.05) is 0 Å². The van der Waals surface area contributed by atoms with Crippen molar-refractivity contribution in [3.8, 4) is 5.88 Å². The van der Waals surface area contributed by atoms with E-state index in [4.69, 9.17) is 0 Å². The minimum absolute atomic E-state index is 0.148. The van der Waals surface area contributed by atoms with Crippen LogP contribution in [0.3, 0.4) is 0 Å². The Labute approximate surface area is 130 Å². The first-order valence-corrected chi connectivity index (χ1v) is 6.71. The van der Waals surface area contributed by atoms with Gasteiger partial charge in [0.1, 0.15) is 0 Å². The van der Waals surface area contributed by atoms with Gasteiger partial charge in [-0.15, -0.1) is 0 Å². The molecule has 0 aliphatic heterocycles. The van der Waals surface area contributed by atoms with Crippen LogP contribution in [0.1, 0.15) is 28.9 Å². The maximum absolute atomic E-state index is 12.1. The van der Waals surface area contributed by atoms with E-state index in [1.54, 1.807) is 25.1 Å². The molecule has 1 atom stereocenters. The standard InChI is InChI=1S/C15H14F3N3O2/c1-10(21-14(22)11-2-5-19-6-3-11)12-4-7-20-13(8-12)23-9-15(16,17)18/h2-8,10H,9H2,1H3,(H,21,22). The van der Waals surface area contributed by atoms with Crippen LogP contribution in [0.25, 0.3) is 0 Å². The van der Waals surface area contributed by atoms with E-state index in [9.17, 15) is 18.0 Å². The highest BCUT2D eigenvalue weighted by Gasteiger charge is 2.28. The van der Waals surface area contributed by atoms with E-state index in [2.05, 4.69) is 20.0 Å². The van der Waals surface area contributed by atoms with Crippen molar-refractivity contribution >= 4 is 5.91 Å². The lowest BCUT2D eigenvalue weighted by atomic mass is 10.1. The number of carbonyl (C=O) groups excluding carboxylic acids is 1. The molecule has 0 fully saturated rings. The number of carbonyl (C=O) groups is 1. The Morgan fingerprint density at radius 3 is 2.61 bits per heavy atom. The predicted molar refractivity (Wildman–Crippen MR) is 75.9 cm³/mol. The van der Waals surface area contributed by atoms with Gasteiger partial charge in [-0.05, 0) is 30.7 Å². The molecule has 8 heteroatoms. The zero-order valence-corrected chi connectivity index (χ0v) is 12.2. The van der Waals surface area contributed by atoms with Gasteiger partial charge in [0.2, 0.25) is 5.88 Å². The molecule has 0 spiro atoms. The monoisotopic (exact) mass is 325 g/mol. The van der Waals surface area contributed by atoms with Crippen molar-refractivity contribution in [3.05, 3.63) is 54.0 Å². The largest absolute Gasteiger partial charge is 0.468 e. The van der Waals surface area contributed by atoms with E-state index in [1.165, 1.54) is 24.7 Å². The average molecular weight is 325 g/mol. The van der Waals surface area contributed by atoms with Crippen LogP contribution in [0.15, 0.2) is 42.9 Å². The molecule has 2 heterocycles. The fourth-order valence-electron chi connectivity index (χ4n) is 1.80. The number of nitrogens with one attached hydrogen (secondary N) is 1. The van der Waals surface area contributed by atoms with Gasteiger partial charge in [-0.2, -0.15) is 13.2 Å². The topological polar surface area (TPSA) is 64.1 Å². The summed E-state index contributed by atoms with van der Waals surface area (Å²) in [5, 5.41) is 2.74. The Morgan fingerprint density at radius 1 is 1.26 bits per heavy atom. The summed E-state index contributed by atoms with van der Waals surface area (Å²) in [7, 11) is 0. The molecular formula is C15H14F3N3O2. The fraction of sp³-hybridized carbons (Fsp3) is 0.267. The molecular weight excluding hydrogens is 311 g/mol. The number of hydrogen-bond donors (Lipinski definition) is 1. The van der Waals surface area contributed by atoms with Gasteiger partial charge in [-0.3, -0.25) is 9.78 Å². The molecule has 5 nitrogen and oxygen atoms in total. The van der Waals surface area contributed by atoms with Gasteiger partial charge in [-0.25, -0.2) is 4.98 Å². The number of amides is 1. The molecule has 0 bridgehead atoms. The Hall–Kier alpha value is -2.64. The average Bonchev–Trinajstić information content (AvgIpc) is 2.53. The highest BCUT2D eigenvalue weighted by atomic mass is 19.4. The summed E-state index contributed by atoms with van der Waals surface area (Å²) in [6, 6.07) is 5.66. The molecule has 0 aliphatic carbocycles. The quantitative estimate of drug-likeness (QED) is 0.918. The van der Waals surface area contributed by atoms with E-state index in [1.807, 2.05) is 0 Å². The van der Waals surface area contributed by atoms with Crippen molar-refractivity contribution in [2.24, 2.45) is 0 Å². The van der Waals surface area contributed by atoms with Crippen LogP contribution >= 0.6 is 0 Å². The Bertz CT molecular complexity index is 663. The van der Waals surface area contributed by atoms with Crippen LogP contribution in [0, 0.1) is 0 Å². The summed E-state index contributed by atoms with van der Waals surface area (Å²) in [6.07, 6.45) is -0.112. The number of halogens is 3. The lowest BCUT2D eigenvalue weighted by molar-refractivity contribution is -0.154. The third kappa shape index (κ3) is 5.24. The number of aromatic nitrogens is 2. The van der Waals surface area contributed by atoms with Gasteiger partial charge in [0, 0.05) is 30.2 Å². The molecule has 2 aromatic rings. The molecule has 122 valence electrons. The van der Waals surface area contributed by atoms with Crippen LogP contribution < -0.4 is 10.1 Å². The van der Waals surface area contributed by atoms with Crippen LogP contribution in [0.5, 0.6) is 5.88 Å². The molecule has 2 aromatic heterocycles. The van der Waals surface area contributed by atoms with Gasteiger partial charge < -0.3 is 10.1 Å². The molecule has 1 amide bonds.